The smallest absolute Gasteiger partial charge is 0.256 e. The number of aromatic amines is 1. The summed E-state index contributed by atoms with van der Waals surface area (Å²) in [5.41, 5.74) is 4.85. The highest BCUT2D eigenvalue weighted by atomic mass is 35.5. The lowest BCUT2D eigenvalue weighted by Crippen LogP contribution is -2.33. The average Bonchev–Trinajstić information content (AvgIpc) is 3.74. The monoisotopic (exact) mass is 495 g/mol. The molecule has 0 radical (unpaired) electrons. The Labute approximate surface area is 214 Å². The van der Waals surface area contributed by atoms with E-state index in [2.05, 4.69) is 4.98 Å². The van der Waals surface area contributed by atoms with Gasteiger partial charge in [-0.05, 0) is 66.6 Å². The molecule has 6 rings (SSSR count). The molecule has 0 saturated heterocycles. The summed E-state index contributed by atoms with van der Waals surface area (Å²) in [6, 6.07) is 25.6. The zero-order chi connectivity index (χ0) is 24.7. The van der Waals surface area contributed by atoms with Crippen molar-refractivity contribution in [3.8, 4) is 11.1 Å². The number of aromatic nitrogens is 2. The molecule has 0 spiro atoms. The van der Waals surface area contributed by atoms with E-state index in [9.17, 15) is 9.59 Å². The third kappa shape index (κ3) is 4.14. The Hall–Kier alpha value is -3.70. The number of rotatable bonds is 4. The summed E-state index contributed by atoms with van der Waals surface area (Å²) >= 11 is 6.24. The van der Waals surface area contributed by atoms with Crippen LogP contribution < -0.4 is 5.56 Å². The summed E-state index contributed by atoms with van der Waals surface area (Å²) in [5.74, 6) is 0.647. The molecule has 1 N–H and O–H groups in total. The topological polar surface area (TPSA) is 66.1 Å². The molecule has 3 aromatic carbocycles. The standard InChI is InChI=1S/C30H26ClN3O2/c31-24-9-4-8-23(18-24)30(15-16-30)29-32-26-10-5-17-34(19-25(26)27(35)33-29)28(36)22-13-11-21(12-14-22)20-6-2-1-3-7-20/h1-4,6-9,11-14,18H,5,10,15-17,19H2,(H,32,33,35). The van der Waals surface area contributed by atoms with Gasteiger partial charge in [0.25, 0.3) is 11.5 Å². The van der Waals surface area contributed by atoms with Crippen molar-refractivity contribution < 1.29 is 4.79 Å². The van der Waals surface area contributed by atoms with Crippen LogP contribution in [-0.4, -0.2) is 27.3 Å². The fraction of sp³-hybridized carbons (Fsp3) is 0.233. The van der Waals surface area contributed by atoms with Crippen LogP contribution in [0.1, 0.15) is 52.3 Å². The summed E-state index contributed by atoms with van der Waals surface area (Å²) in [5, 5.41) is 0.682. The highest BCUT2D eigenvalue weighted by molar-refractivity contribution is 6.30. The Balaban J connectivity index is 1.26. The number of hydrogen-bond donors (Lipinski definition) is 1. The maximum absolute atomic E-state index is 13.4. The van der Waals surface area contributed by atoms with Gasteiger partial charge in [0.15, 0.2) is 0 Å². The molecule has 2 heterocycles. The first-order chi connectivity index (χ1) is 17.5. The minimum Gasteiger partial charge on any atom is -0.334 e. The fourth-order valence-electron chi connectivity index (χ4n) is 5.21. The molecule has 1 saturated carbocycles. The van der Waals surface area contributed by atoms with Crippen LogP contribution in [0.15, 0.2) is 83.7 Å². The zero-order valence-electron chi connectivity index (χ0n) is 19.8. The van der Waals surface area contributed by atoms with E-state index < -0.39 is 0 Å². The van der Waals surface area contributed by atoms with Crippen molar-refractivity contribution in [2.24, 2.45) is 0 Å². The first-order valence-electron chi connectivity index (χ1n) is 12.4. The lowest BCUT2D eigenvalue weighted by Gasteiger charge is -2.21. The highest BCUT2D eigenvalue weighted by Crippen LogP contribution is 2.52. The summed E-state index contributed by atoms with van der Waals surface area (Å²) < 4.78 is 0. The molecule has 0 atom stereocenters. The van der Waals surface area contributed by atoms with Crippen LogP contribution in [0.4, 0.5) is 0 Å². The number of amides is 1. The molecular formula is C30H26ClN3O2. The summed E-state index contributed by atoms with van der Waals surface area (Å²) in [6.07, 6.45) is 3.30. The molecule has 1 aliphatic heterocycles. The van der Waals surface area contributed by atoms with Crippen molar-refractivity contribution in [2.75, 3.05) is 6.54 Å². The molecule has 5 nitrogen and oxygen atoms in total. The molecule has 1 amide bonds. The van der Waals surface area contributed by atoms with E-state index in [4.69, 9.17) is 16.6 Å². The first kappa shape index (κ1) is 22.7. The van der Waals surface area contributed by atoms with E-state index in [0.717, 1.165) is 41.6 Å². The predicted molar refractivity (Wildman–Crippen MR) is 141 cm³/mol. The van der Waals surface area contributed by atoms with Gasteiger partial charge in [-0.15, -0.1) is 0 Å². The number of carbonyl (C=O) groups excluding carboxylic acids is 1. The molecule has 6 heteroatoms. The van der Waals surface area contributed by atoms with Crippen molar-refractivity contribution >= 4 is 17.5 Å². The van der Waals surface area contributed by atoms with Gasteiger partial charge >= 0.3 is 0 Å². The van der Waals surface area contributed by atoms with Crippen LogP contribution in [0.5, 0.6) is 0 Å². The third-order valence-corrected chi connectivity index (χ3v) is 7.63. The molecule has 1 aliphatic carbocycles. The molecule has 36 heavy (non-hydrogen) atoms. The molecule has 1 fully saturated rings. The van der Waals surface area contributed by atoms with E-state index in [1.165, 1.54) is 0 Å². The van der Waals surface area contributed by atoms with Crippen molar-refractivity contribution in [1.29, 1.82) is 0 Å². The van der Waals surface area contributed by atoms with Gasteiger partial charge in [-0.25, -0.2) is 4.98 Å². The van der Waals surface area contributed by atoms with Gasteiger partial charge in [0, 0.05) is 17.1 Å². The van der Waals surface area contributed by atoms with Crippen molar-refractivity contribution in [1.82, 2.24) is 14.9 Å². The van der Waals surface area contributed by atoms with Crippen LogP contribution in [-0.2, 0) is 18.4 Å². The highest BCUT2D eigenvalue weighted by Gasteiger charge is 2.48. The molecule has 0 unspecified atom stereocenters. The van der Waals surface area contributed by atoms with Gasteiger partial charge in [-0.3, -0.25) is 9.59 Å². The molecular weight excluding hydrogens is 470 g/mol. The van der Waals surface area contributed by atoms with Gasteiger partial charge in [-0.2, -0.15) is 0 Å². The zero-order valence-corrected chi connectivity index (χ0v) is 20.6. The van der Waals surface area contributed by atoms with Crippen LogP contribution >= 0.6 is 11.6 Å². The maximum atomic E-state index is 13.4. The minimum atomic E-state index is -0.276. The van der Waals surface area contributed by atoms with E-state index in [0.29, 0.717) is 34.9 Å². The number of hydrogen-bond acceptors (Lipinski definition) is 3. The Morgan fingerprint density at radius 1 is 0.944 bits per heavy atom. The molecule has 0 bridgehead atoms. The maximum Gasteiger partial charge on any atom is 0.256 e. The quantitative estimate of drug-likeness (QED) is 0.391. The second-order valence-electron chi connectivity index (χ2n) is 9.71. The number of nitrogens with one attached hydrogen (secondary N) is 1. The molecule has 4 aromatic rings. The van der Waals surface area contributed by atoms with E-state index in [1.54, 1.807) is 4.90 Å². The normalized spacial score (nSPS) is 16.2. The number of benzene rings is 3. The summed E-state index contributed by atoms with van der Waals surface area (Å²) in [7, 11) is 0. The number of H-pyrrole nitrogens is 1. The largest absolute Gasteiger partial charge is 0.334 e. The Morgan fingerprint density at radius 3 is 2.42 bits per heavy atom. The predicted octanol–water partition coefficient (Wildman–Crippen LogP) is 5.76. The van der Waals surface area contributed by atoms with Crippen LogP contribution in [0.25, 0.3) is 11.1 Å². The van der Waals surface area contributed by atoms with Crippen LogP contribution in [0.3, 0.4) is 0 Å². The van der Waals surface area contributed by atoms with Gasteiger partial charge in [-0.1, -0.05) is 66.2 Å². The molecule has 180 valence electrons. The van der Waals surface area contributed by atoms with Crippen molar-refractivity contribution in [3.63, 3.8) is 0 Å². The van der Waals surface area contributed by atoms with E-state index in [1.807, 2.05) is 78.9 Å². The first-order valence-corrected chi connectivity index (χ1v) is 12.7. The van der Waals surface area contributed by atoms with Gasteiger partial charge in [0.2, 0.25) is 0 Å². The second kappa shape index (κ2) is 9.07. The lowest BCUT2D eigenvalue weighted by atomic mass is 9.94. The van der Waals surface area contributed by atoms with Gasteiger partial charge in [0.05, 0.1) is 23.2 Å². The lowest BCUT2D eigenvalue weighted by molar-refractivity contribution is 0.0745. The van der Waals surface area contributed by atoms with Gasteiger partial charge < -0.3 is 9.88 Å². The second-order valence-corrected chi connectivity index (χ2v) is 10.1. The number of halogens is 1. The fourth-order valence-corrected chi connectivity index (χ4v) is 5.40. The van der Waals surface area contributed by atoms with Crippen molar-refractivity contribution in [3.05, 3.63) is 122 Å². The number of carbonyl (C=O) groups is 1. The van der Waals surface area contributed by atoms with E-state index >= 15 is 0 Å². The summed E-state index contributed by atoms with van der Waals surface area (Å²) in [4.78, 5) is 36.4. The number of fused-ring (bicyclic) bond motifs is 1. The van der Waals surface area contributed by atoms with Crippen molar-refractivity contribution in [2.45, 2.75) is 37.6 Å². The third-order valence-electron chi connectivity index (χ3n) is 7.40. The molecule has 1 aromatic heterocycles. The SMILES string of the molecule is O=C(c1ccc(-c2ccccc2)cc1)N1CCCc2nc(C3(c4cccc(Cl)c4)CC3)[nH]c(=O)c2C1. The molecule has 2 aliphatic rings. The Morgan fingerprint density at radius 2 is 1.69 bits per heavy atom. The average molecular weight is 496 g/mol. The van der Waals surface area contributed by atoms with Crippen LogP contribution in [0, 0.1) is 0 Å². The number of nitrogens with zero attached hydrogens (tertiary/aromatic N) is 2. The minimum absolute atomic E-state index is 0.0662. The van der Waals surface area contributed by atoms with E-state index in [-0.39, 0.29) is 23.4 Å². The summed E-state index contributed by atoms with van der Waals surface area (Å²) in [6.45, 7) is 0.852. The van der Waals surface area contributed by atoms with Gasteiger partial charge in [0.1, 0.15) is 5.82 Å². The van der Waals surface area contributed by atoms with Crippen LogP contribution in [0.2, 0.25) is 5.02 Å². The Bertz CT molecular complexity index is 1490. The number of aryl methyl sites for hydroxylation is 1. The Kier molecular flexibility index (Phi) is 5.73.